The molecule has 0 rings (SSSR count). The molecule has 0 heterocycles. The number of carbonyl (C=O) groups is 3. The zero-order valence-corrected chi connectivity index (χ0v) is 28.1. The third-order valence-electron chi connectivity index (χ3n) is 6.92. The zero-order chi connectivity index (χ0) is 33.0. The molecule has 43 heavy (non-hydrogen) atoms. The van der Waals surface area contributed by atoms with Crippen LogP contribution in [0.4, 0.5) is 0 Å². The quantitative estimate of drug-likeness (QED) is 0.0118. The Labute approximate surface area is 264 Å². The Balaban J connectivity index is -0.00000299. The van der Waals surface area contributed by atoms with Gasteiger partial charge in [-0.2, -0.15) is 5.26 Å². The molecule has 9 heteroatoms. The van der Waals surface area contributed by atoms with E-state index < -0.39 is 0 Å². The minimum atomic E-state index is -0.200. The van der Waals surface area contributed by atoms with Crippen molar-refractivity contribution in [3.05, 3.63) is 24.4 Å². The molecule has 0 bridgehead atoms. The number of hydrogen-bond donors (Lipinski definition) is 2. The lowest BCUT2D eigenvalue weighted by molar-refractivity contribution is -0.126. The number of nitrogens with zero attached hydrogens (tertiary/aromatic N) is 4. The van der Waals surface area contributed by atoms with E-state index in [9.17, 15) is 4.79 Å². The maximum Gasteiger partial charge on any atom is 0.271 e. The predicted octanol–water partition coefficient (Wildman–Crippen LogP) is 7.11. The molecule has 0 aliphatic heterocycles. The summed E-state index contributed by atoms with van der Waals surface area (Å²) in [7, 11) is 4.00. The van der Waals surface area contributed by atoms with E-state index in [1.165, 1.54) is 122 Å². The number of likely N-dealkylation sites (N-methyl/N-ethyl adjacent to an activating group) is 2. The Morgan fingerprint density at radius 2 is 1.26 bits per heavy atom. The largest absolute Gasteiger partial charge is 0.340 e. The molecule has 1 amide bonds. The van der Waals surface area contributed by atoms with E-state index in [2.05, 4.69) is 47.9 Å². The summed E-state index contributed by atoms with van der Waals surface area (Å²) in [5.74, 6) is -0.200. The van der Waals surface area contributed by atoms with Crippen LogP contribution >= 0.6 is 0 Å². The van der Waals surface area contributed by atoms with Crippen LogP contribution in [0.5, 0.6) is 0 Å². The van der Waals surface area contributed by atoms with Crippen LogP contribution in [-0.2, 0) is 14.4 Å². The molecule has 0 saturated carbocycles. The molecule has 0 aromatic rings. The number of aldehydes is 1. The van der Waals surface area contributed by atoms with E-state index in [4.69, 9.17) is 14.9 Å². The molecule has 0 radical (unpaired) electrons. The monoisotopic (exact) mass is 605 g/mol. The van der Waals surface area contributed by atoms with E-state index in [1.54, 1.807) is 18.1 Å². The van der Waals surface area contributed by atoms with Gasteiger partial charge in [-0.05, 0) is 46.2 Å². The molecule has 0 spiro atoms. The zero-order valence-electron chi connectivity index (χ0n) is 28.1. The highest BCUT2D eigenvalue weighted by molar-refractivity contribution is 5.93. The van der Waals surface area contributed by atoms with Gasteiger partial charge in [0, 0.05) is 20.1 Å². The summed E-state index contributed by atoms with van der Waals surface area (Å²) in [6, 6.07) is 0. The highest BCUT2D eigenvalue weighted by atomic mass is 16.2. The number of amides is 1. The van der Waals surface area contributed by atoms with Crippen molar-refractivity contribution in [2.24, 2.45) is 4.99 Å². The summed E-state index contributed by atoms with van der Waals surface area (Å²) >= 11 is 0. The van der Waals surface area contributed by atoms with Gasteiger partial charge in [0.15, 0.2) is 6.19 Å². The second-order valence-electron chi connectivity index (χ2n) is 10.9. The molecule has 0 unspecified atom stereocenters. The highest BCUT2D eigenvalue weighted by Crippen LogP contribution is 2.14. The van der Waals surface area contributed by atoms with Crippen LogP contribution in [0.25, 0.3) is 0 Å². The number of aliphatic imine (C=N–C) groups is 1. The van der Waals surface area contributed by atoms with Crippen LogP contribution < -0.4 is 10.9 Å². The van der Waals surface area contributed by atoms with Gasteiger partial charge in [-0.3, -0.25) is 10.2 Å². The van der Waals surface area contributed by atoms with Gasteiger partial charge in [0.2, 0.25) is 0 Å². The number of nitrogens with one attached hydrogen (secondary N) is 2. The van der Waals surface area contributed by atoms with Gasteiger partial charge in [-0.25, -0.2) is 10.4 Å². The summed E-state index contributed by atoms with van der Waals surface area (Å²) in [6.07, 6.45) is 27.1. The summed E-state index contributed by atoms with van der Waals surface area (Å²) in [5, 5.41) is 8.36. The lowest BCUT2D eigenvalue weighted by Crippen LogP contribution is -2.29. The summed E-state index contributed by atoms with van der Waals surface area (Å²) in [5.41, 5.74) is 6.15. The van der Waals surface area contributed by atoms with Crippen LogP contribution in [0.3, 0.4) is 0 Å². The van der Waals surface area contributed by atoms with Crippen LogP contribution in [-0.4, -0.2) is 68.9 Å². The molecular weight excluding hydrogens is 540 g/mol. The fourth-order valence-corrected chi connectivity index (χ4v) is 4.57. The number of carbonyl (C=O) groups excluding carboxylic acids is 3. The molecule has 0 aliphatic carbocycles. The van der Waals surface area contributed by atoms with E-state index in [0.717, 1.165) is 32.1 Å². The maximum absolute atomic E-state index is 12.2. The van der Waals surface area contributed by atoms with Gasteiger partial charge in [0.1, 0.15) is 25.1 Å². The van der Waals surface area contributed by atoms with Gasteiger partial charge >= 0.3 is 0 Å². The average Bonchev–Trinajstić information content (AvgIpc) is 3.00. The van der Waals surface area contributed by atoms with Crippen molar-refractivity contribution in [2.75, 3.05) is 33.7 Å². The minimum absolute atomic E-state index is 0.145. The Hall–Kier alpha value is -2.99. The molecule has 0 aromatic heterocycles. The average molecular weight is 605 g/mol. The second-order valence-corrected chi connectivity index (χ2v) is 10.9. The number of rotatable bonds is 27. The van der Waals surface area contributed by atoms with E-state index >= 15 is 0 Å². The van der Waals surface area contributed by atoms with Gasteiger partial charge in [0.05, 0.1) is 0 Å². The van der Waals surface area contributed by atoms with Gasteiger partial charge < -0.3 is 19.4 Å². The van der Waals surface area contributed by atoms with E-state index in [-0.39, 0.29) is 11.6 Å². The van der Waals surface area contributed by atoms with Crippen LogP contribution in [0.15, 0.2) is 29.4 Å². The first-order valence-corrected chi connectivity index (χ1v) is 16.2. The van der Waals surface area contributed by atoms with Crippen molar-refractivity contribution in [1.29, 1.82) is 5.26 Å². The molecule has 0 fully saturated rings. The first-order valence-electron chi connectivity index (χ1n) is 16.2. The molecule has 0 atom stereocenters. The SMILES string of the molecule is C=C(CCCCCCCCCN(C)C(=O)C(=C)N=CNNC#N)CN(C)CCCCCCCCCCCC.C=O.CC=O. The van der Waals surface area contributed by atoms with Crippen molar-refractivity contribution in [1.82, 2.24) is 20.7 Å². The molecule has 9 nitrogen and oxygen atoms in total. The van der Waals surface area contributed by atoms with Gasteiger partial charge in [0.25, 0.3) is 5.91 Å². The Kier molecular flexibility index (Phi) is 38.3. The number of hydrazine groups is 1. The minimum Gasteiger partial charge on any atom is -0.340 e. The molecule has 0 aromatic carbocycles. The standard InChI is InChI=1S/C31H58N6O.C2H4O.CH2O/c1-6-7-8-9-10-11-12-15-18-21-24-36(4)26-29(2)23-20-17-14-13-16-19-22-25-37(5)31(38)30(3)33-28-35-34-27-32;1-2-3;1-2/h28,34H,2-3,6-26H2,1,4-5H3,(H,33,35);2H,1H3;1H2. The molecule has 248 valence electrons. The lowest BCUT2D eigenvalue weighted by Gasteiger charge is -2.18. The molecule has 2 N–H and O–H groups in total. The lowest BCUT2D eigenvalue weighted by atomic mass is 10.0. The van der Waals surface area contributed by atoms with E-state index in [0.29, 0.717) is 6.54 Å². The van der Waals surface area contributed by atoms with Crippen molar-refractivity contribution in [3.8, 4) is 6.19 Å². The highest BCUT2D eigenvalue weighted by Gasteiger charge is 2.11. The van der Waals surface area contributed by atoms with Gasteiger partial charge in [-0.1, -0.05) is 116 Å². The fourth-order valence-electron chi connectivity index (χ4n) is 4.57. The van der Waals surface area contributed by atoms with Crippen LogP contribution in [0.1, 0.15) is 129 Å². The molecular formula is C34H64N6O3. The Bertz CT molecular complexity index is 751. The number of unbranched alkanes of at least 4 members (excludes halogenated alkanes) is 15. The topological polar surface area (TPSA) is 118 Å². The molecule has 0 aliphatic rings. The third-order valence-corrected chi connectivity index (χ3v) is 6.92. The van der Waals surface area contributed by atoms with Crippen molar-refractivity contribution in [2.45, 2.75) is 129 Å². The molecule has 0 saturated heterocycles. The predicted molar refractivity (Wildman–Crippen MR) is 181 cm³/mol. The first kappa shape index (κ1) is 44.5. The smallest absolute Gasteiger partial charge is 0.271 e. The first-order chi connectivity index (χ1) is 20.8. The fraction of sp³-hybridized carbons (Fsp3) is 0.735. The number of nitriles is 1. The van der Waals surface area contributed by atoms with E-state index in [1.807, 2.05) is 6.79 Å². The van der Waals surface area contributed by atoms with Crippen molar-refractivity contribution >= 4 is 25.3 Å². The Morgan fingerprint density at radius 3 is 1.74 bits per heavy atom. The second kappa shape index (κ2) is 37.0. The van der Waals surface area contributed by atoms with Crippen molar-refractivity contribution < 1.29 is 14.4 Å². The Morgan fingerprint density at radius 1 is 0.814 bits per heavy atom. The maximum atomic E-state index is 12.2. The summed E-state index contributed by atoms with van der Waals surface area (Å²) in [6.45, 7) is 16.6. The van der Waals surface area contributed by atoms with Gasteiger partial charge in [-0.15, -0.1) is 0 Å². The van der Waals surface area contributed by atoms with Crippen LogP contribution in [0, 0.1) is 11.5 Å². The van der Waals surface area contributed by atoms with Crippen LogP contribution in [0.2, 0.25) is 0 Å². The number of hydrogen-bond acceptors (Lipinski definition) is 7. The van der Waals surface area contributed by atoms with Crippen molar-refractivity contribution in [3.63, 3.8) is 0 Å². The third kappa shape index (κ3) is 35.1. The summed E-state index contributed by atoms with van der Waals surface area (Å²) < 4.78 is 0. The summed E-state index contributed by atoms with van der Waals surface area (Å²) in [4.78, 5) is 37.0. The normalized spacial score (nSPS) is 10.1.